The number of ether oxygens (including phenoxy) is 2. The van der Waals surface area contributed by atoms with Crippen molar-refractivity contribution in [3.63, 3.8) is 0 Å². The Hall–Kier alpha value is -2.93. The van der Waals surface area contributed by atoms with Gasteiger partial charge in [-0.3, -0.25) is 4.79 Å². The second kappa shape index (κ2) is 8.83. The van der Waals surface area contributed by atoms with E-state index in [0.29, 0.717) is 40.1 Å². The van der Waals surface area contributed by atoms with Gasteiger partial charge in [0.15, 0.2) is 0 Å². The first-order valence-corrected chi connectivity index (χ1v) is 10.4. The van der Waals surface area contributed by atoms with E-state index >= 15 is 0 Å². The van der Waals surface area contributed by atoms with Gasteiger partial charge < -0.3 is 25.0 Å². The normalized spacial score (nSPS) is 18.3. The molecular formula is C22H24ClN3O4. The highest BCUT2D eigenvalue weighted by Gasteiger charge is 2.31. The average Bonchev–Trinajstić information content (AvgIpc) is 2.73. The van der Waals surface area contributed by atoms with Crippen LogP contribution in [-0.2, 0) is 0 Å². The maximum Gasteiger partial charge on any atom is 0.323 e. The van der Waals surface area contributed by atoms with Crippen LogP contribution >= 0.6 is 11.6 Å². The lowest BCUT2D eigenvalue weighted by molar-refractivity contribution is 0.0548. The van der Waals surface area contributed by atoms with E-state index < -0.39 is 6.03 Å². The molecule has 2 aliphatic heterocycles. The number of nitrogens with zero attached hydrogens (tertiary/aromatic N) is 1. The van der Waals surface area contributed by atoms with Crippen LogP contribution in [0.2, 0.25) is 5.02 Å². The molecule has 0 aliphatic carbocycles. The molecule has 2 N–H and O–H groups in total. The Labute approximate surface area is 180 Å². The maximum absolute atomic E-state index is 13.2. The largest absolute Gasteiger partial charge is 0.495 e. The predicted octanol–water partition coefficient (Wildman–Crippen LogP) is 4.77. The van der Waals surface area contributed by atoms with Crippen molar-refractivity contribution in [3.8, 4) is 11.5 Å². The van der Waals surface area contributed by atoms with Gasteiger partial charge in [-0.1, -0.05) is 11.6 Å². The molecule has 30 heavy (non-hydrogen) atoms. The first kappa shape index (κ1) is 20.3. The van der Waals surface area contributed by atoms with Crippen molar-refractivity contribution < 1.29 is 19.1 Å². The van der Waals surface area contributed by atoms with E-state index in [0.717, 1.165) is 32.2 Å². The summed E-state index contributed by atoms with van der Waals surface area (Å²) in [7, 11) is 1.51. The van der Waals surface area contributed by atoms with E-state index in [2.05, 4.69) is 10.6 Å². The number of nitrogens with one attached hydrogen (secondary N) is 2. The van der Waals surface area contributed by atoms with Gasteiger partial charge in [0.05, 0.1) is 25.0 Å². The van der Waals surface area contributed by atoms with Crippen LogP contribution in [0.25, 0.3) is 0 Å². The SMILES string of the molecule is COc1ccc(Cl)cc1NC(=O)Nc1ccc2c(c1)C(=O)N1CCCCC1CCO2. The third-order valence-electron chi connectivity index (χ3n) is 5.47. The Morgan fingerprint density at radius 1 is 1.17 bits per heavy atom. The third-order valence-corrected chi connectivity index (χ3v) is 5.71. The van der Waals surface area contributed by atoms with E-state index in [1.165, 1.54) is 7.11 Å². The van der Waals surface area contributed by atoms with Gasteiger partial charge in [-0.2, -0.15) is 0 Å². The molecule has 2 aromatic carbocycles. The number of piperidine rings is 1. The first-order chi connectivity index (χ1) is 14.5. The Morgan fingerprint density at radius 3 is 2.87 bits per heavy atom. The molecular weight excluding hydrogens is 406 g/mol. The number of methoxy groups -OCH3 is 1. The lowest BCUT2D eigenvalue weighted by atomic mass is 9.97. The Balaban J connectivity index is 1.53. The van der Waals surface area contributed by atoms with Gasteiger partial charge in [0, 0.05) is 29.7 Å². The van der Waals surface area contributed by atoms with Crippen LogP contribution in [0.1, 0.15) is 36.0 Å². The second-order valence-corrected chi connectivity index (χ2v) is 7.86. The highest BCUT2D eigenvalue weighted by Crippen LogP contribution is 2.31. The molecule has 8 heteroatoms. The van der Waals surface area contributed by atoms with E-state index in [4.69, 9.17) is 21.1 Å². The molecule has 0 bridgehead atoms. The quantitative estimate of drug-likeness (QED) is 0.736. The summed E-state index contributed by atoms with van der Waals surface area (Å²) >= 11 is 6.01. The fraction of sp³-hybridized carbons (Fsp3) is 0.364. The van der Waals surface area contributed by atoms with Crippen molar-refractivity contribution in [2.45, 2.75) is 31.7 Å². The number of halogens is 1. The van der Waals surface area contributed by atoms with Crippen LogP contribution in [0.4, 0.5) is 16.2 Å². The van der Waals surface area contributed by atoms with E-state index in [-0.39, 0.29) is 11.9 Å². The van der Waals surface area contributed by atoms with Crippen molar-refractivity contribution in [3.05, 3.63) is 47.0 Å². The first-order valence-electron chi connectivity index (χ1n) is 10.0. The van der Waals surface area contributed by atoms with Crippen LogP contribution < -0.4 is 20.1 Å². The van der Waals surface area contributed by atoms with Gasteiger partial charge >= 0.3 is 6.03 Å². The van der Waals surface area contributed by atoms with Crippen molar-refractivity contribution in [2.24, 2.45) is 0 Å². The fourth-order valence-corrected chi connectivity index (χ4v) is 4.16. The second-order valence-electron chi connectivity index (χ2n) is 7.42. The fourth-order valence-electron chi connectivity index (χ4n) is 3.99. The molecule has 1 unspecified atom stereocenters. The molecule has 158 valence electrons. The minimum Gasteiger partial charge on any atom is -0.495 e. The van der Waals surface area contributed by atoms with Gasteiger partial charge in [0.2, 0.25) is 0 Å². The Bertz CT molecular complexity index is 965. The van der Waals surface area contributed by atoms with E-state index in [9.17, 15) is 9.59 Å². The molecule has 2 heterocycles. The molecule has 4 rings (SSSR count). The van der Waals surface area contributed by atoms with Crippen molar-refractivity contribution in [2.75, 3.05) is 30.9 Å². The summed E-state index contributed by atoms with van der Waals surface area (Å²) in [5.74, 6) is 0.994. The smallest absolute Gasteiger partial charge is 0.323 e. The number of hydrogen-bond acceptors (Lipinski definition) is 4. The number of urea groups is 1. The topological polar surface area (TPSA) is 79.9 Å². The summed E-state index contributed by atoms with van der Waals surface area (Å²) in [6.07, 6.45) is 4.00. The van der Waals surface area contributed by atoms with Crippen LogP contribution in [0.15, 0.2) is 36.4 Å². The lowest BCUT2D eigenvalue weighted by Gasteiger charge is -2.37. The molecule has 3 amide bonds. The van der Waals surface area contributed by atoms with Crippen molar-refractivity contribution in [1.29, 1.82) is 0 Å². The summed E-state index contributed by atoms with van der Waals surface area (Å²) in [4.78, 5) is 27.6. The number of benzene rings is 2. The number of carbonyl (C=O) groups is 2. The number of hydrogen-bond donors (Lipinski definition) is 2. The number of rotatable bonds is 3. The molecule has 1 atom stereocenters. The average molecular weight is 430 g/mol. The van der Waals surface area contributed by atoms with Gasteiger partial charge in [-0.05, 0) is 55.7 Å². The minimum atomic E-state index is -0.467. The van der Waals surface area contributed by atoms with Crippen LogP contribution in [0.3, 0.4) is 0 Å². The number of fused-ring (bicyclic) bond motifs is 2. The highest BCUT2D eigenvalue weighted by atomic mass is 35.5. The summed E-state index contributed by atoms with van der Waals surface area (Å²) in [5, 5.41) is 5.97. The van der Waals surface area contributed by atoms with Gasteiger partial charge in [0.25, 0.3) is 5.91 Å². The Kier molecular flexibility index (Phi) is 5.99. The third kappa shape index (κ3) is 4.31. The van der Waals surface area contributed by atoms with Crippen LogP contribution in [-0.4, -0.2) is 43.1 Å². The van der Waals surface area contributed by atoms with Gasteiger partial charge in [-0.15, -0.1) is 0 Å². The van der Waals surface area contributed by atoms with E-state index in [1.54, 1.807) is 36.4 Å². The molecule has 0 aromatic heterocycles. The predicted molar refractivity (Wildman–Crippen MR) is 116 cm³/mol. The van der Waals surface area contributed by atoms with Crippen LogP contribution in [0.5, 0.6) is 11.5 Å². The van der Waals surface area contributed by atoms with Gasteiger partial charge in [0.1, 0.15) is 11.5 Å². The molecule has 1 fully saturated rings. The molecule has 7 nitrogen and oxygen atoms in total. The highest BCUT2D eigenvalue weighted by molar-refractivity contribution is 6.31. The zero-order valence-corrected chi connectivity index (χ0v) is 17.5. The zero-order valence-electron chi connectivity index (χ0n) is 16.7. The Morgan fingerprint density at radius 2 is 2.03 bits per heavy atom. The van der Waals surface area contributed by atoms with Gasteiger partial charge in [-0.25, -0.2) is 4.79 Å². The summed E-state index contributed by atoms with van der Waals surface area (Å²) in [5.41, 5.74) is 1.42. The molecule has 0 saturated carbocycles. The summed E-state index contributed by atoms with van der Waals surface area (Å²) in [6, 6.07) is 9.83. The van der Waals surface area contributed by atoms with Crippen molar-refractivity contribution >= 4 is 34.9 Å². The molecule has 0 spiro atoms. The maximum atomic E-state index is 13.2. The standard InChI is InChI=1S/C22H24ClN3O4/c1-29-20-7-5-14(23)12-18(20)25-22(28)24-15-6-8-19-17(13-15)21(27)26-10-3-2-4-16(26)9-11-30-19/h5-8,12-13,16H,2-4,9-11H2,1H3,(H2,24,25,28). The summed E-state index contributed by atoms with van der Waals surface area (Å²) in [6.45, 7) is 1.33. The molecule has 2 aliphatic rings. The monoisotopic (exact) mass is 429 g/mol. The number of anilines is 2. The molecule has 1 saturated heterocycles. The zero-order chi connectivity index (χ0) is 21.1. The lowest BCUT2D eigenvalue weighted by Crippen LogP contribution is -2.45. The number of amides is 3. The van der Waals surface area contributed by atoms with Crippen LogP contribution in [0, 0.1) is 0 Å². The summed E-state index contributed by atoms with van der Waals surface area (Å²) < 4.78 is 11.1. The van der Waals surface area contributed by atoms with Crippen molar-refractivity contribution in [1.82, 2.24) is 4.90 Å². The molecule has 0 radical (unpaired) electrons. The molecule has 2 aromatic rings. The number of carbonyl (C=O) groups excluding carboxylic acids is 2. The van der Waals surface area contributed by atoms with E-state index in [1.807, 2.05) is 4.90 Å². The minimum absolute atomic E-state index is 0.0463.